The van der Waals surface area contributed by atoms with Gasteiger partial charge in [0.15, 0.2) is 16.6 Å². The Morgan fingerprint density at radius 3 is 2.56 bits per heavy atom. The van der Waals surface area contributed by atoms with E-state index in [0.717, 1.165) is 25.7 Å². The Kier molecular flexibility index (Phi) is 3.42. The number of carbonyl (C=O) groups excluding carboxylic acids is 1. The molecule has 2 unspecified atom stereocenters. The highest BCUT2D eigenvalue weighted by Gasteiger charge is 2.79. The molecule has 1 amide bonds. The van der Waals surface area contributed by atoms with Crippen molar-refractivity contribution in [2.75, 3.05) is 0 Å². The number of carbonyl (C=O) groups is 1. The Labute approximate surface area is 152 Å². The predicted octanol–water partition coefficient (Wildman–Crippen LogP) is 4.60. The number of rotatable bonds is 2. The summed E-state index contributed by atoms with van der Waals surface area (Å²) in [7, 11) is -4.52. The molecule has 1 radical (unpaired) electrons. The van der Waals surface area contributed by atoms with Crippen LogP contribution in [0.5, 0.6) is 0 Å². The molecule has 1 aromatic rings. The Morgan fingerprint density at radius 2 is 1.88 bits per heavy atom. The normalized spacial score (nSPS) is 34.5. The molecule has 5 heteroatoms. The van der Waals surface area contributed by atoms with Crippen LogP contribution >= 0.6 is 0 Å². The van der Waals surface area contributed by atoms with Crippen molar-refractivity contribution in [3.05, 3.63) is 40.5 Å². The Hall–Kier alpha value is -1.18. The van der Waals surface area contributed by atoms with E-state index < -0.39 is 21.7 Å². The molecule has 1 heterocycles. The molecule has 2 aliphatic carbocycles. The van der Waals surface area contributed by atoms with Gasteiger partial charge in [0.05, 0.1) is 5.04 Å². The maximum absolute atomic E-state index is 12.9. The molecule has 0 spiro atoms. The smallest absolute Gasteiger partial charge is 0.244 e. The van der Waals surface area contributed by atoms with Gasteiger partial charge in [0.2, 0.25) is 5.91 Å². The first-order valence-corrected chi connectivity index (χ1v) is 15.2. The van der Waals surface area contributed by atoms with Gasteiger partial charge >= 0.3 is 0 Å². The molecule has 25 heavy (non-hydrogen) atoms. The molecule has 1 aliphatic heterocycles. The van der Waals surface area contributed by atoms with Crippen molar-refractivity contribution in [1.82, 2.24) is 5.73 Å². The van der Waals surface area contributed by atoms with Gasteiger partial charge in [-0.25, -0.2) is 0 Å². The van der Waals surface area contributed by atoms with Crippen LogP contribution in [0.15, 0.2) is 23.8 Å². The van der Waals surface area contributed by atoms with Crippen LogP contribution in [0.2, 0.25) is 31.2 Å². The third-order valence-electron chi connectivity index (χ3n) is 7.30. The summed E-state index contributed by atoms with van der Waals surface area (Å²) in [4.78, 5) is 12.9. The fraction of sp³-hybridized carbons (Fsp3) is 0.550. The second-order valence-corrected chi connectivity index (χ2v) is 17.7. The number of allylic oxidation sites excluding steroid dienone is 1. The SMILES string of the molecule is CC1=Cc2c(cccc2C23CCCC2(C([NH])=O)[Si](C)(C)O[Si]3(C)C)C1. The molecular weight excluding hydrogens is 342 g/mol. The molecule has 1 N–H and O–H groups in total. The van der Waals surface area contributed by atoms with Gasteiger partial charge in [-0.3, -0.25) is 10.5 Å². The van der Waals surface area contributed by atoms with E-state index in [1.54, 1.807) is 0 Å². The van der Waals surface area contributed by atoms with Gasteiger partial charge in [-0.1, -0.05) is 36.3 Å². The molecule has 0 aromatic heterocycles. The monoisotopic (exact) mass is 370 g/mol. The van der Waals surface area contributed by atoms with Gasteiger partial charge < -0.3 is 4.12 Å². The van der Waals surface area contributed by atoms with Crippen molar-refractivity contribution >= 4 is 28.6 Å². The second-order valence-electron chi connectivity index (χ2n) is 9.16. The molecule has 2 atom stereocenters. The first kappa shape index (κ1) is 17.2. The third kappa shape index (κ3) is 1.82. The standard InChI is InChI=1S/C20H28NO2Si2/c1-14-12-15-8-6-9-17(16(15)13-14)19-10-7-11-20(19,18(21)22)25(4,5)23-24(19,2)3/h6,8-9,13,21H,7,10-12H2,1-5H3. The summed E-state index contributed by atoms with van der Waals surface area (Å²) in [5.41, 5.74) is 13.8. The largest absolute Gasteiger partial charge is 0.454 e. The van der Waals surface area contributed by atoms with Gasteiger partial charge in [-0.2, -0.15) is 0 Å². The van der Waals surface area contributed by atoms with Crippen LogP contribution in [0.3, 0.4) is 0 Å². The van der Waals surface area contributed by atoms with E-state index >= 15 is 0 Å². The van der Waals surface area contributed by atoms with E-state index in [2.05, 4.69) is 57.4 Å². The lowest BCUT2D eigenvalue weighted by Crippen LogP contribution is -2.56. The van der Waals surface area contributed by atoms with Crippen LogP contribution < -0.4 is 5.73 Å². The second kappa shape index (κ2) is 4.96. The summed E-state index contributed by atoms with van der Waals surface area (Å²) in [6.45, 7) is 11.1. The maximum atomic E-state index is 12.9. The minimum Gasteiger partial charge on any atom is -0.454 e. The van der Waals surface area contributed by atoms with Gasteiger partial charge in [0, 0.05) is 5.04 Å². The lowest BCUT2D eigenvalue weighted by Gasteiger charge is -2.46. The van der Waals surface area contributed by atoms with Crippen molar-refractivity contribution in [2.24, 2.45) is 0 Å². The zero-order valence-electron chi connectivity index (χ0n) is 16.0. The molecule has 4 rings (SSSR count). The highest BCUT2D eigenvalue weighted by Crippen LogP contribution is 2.73. The van der Waals surface area contributed by atoms with Crippen molar-refractivity contribution in [3.8, 4) is 0 Å². The fourth-order valence-electron chi connectivity index (χ4n) is 6.66. The Bertz CT molecular complexity index is 814. The minimum absolute atomic E-state index is 0.249. The molecule has 3 aliphatic rings. The average molecular weight is 371 g/mol. The van der Waals surface area contributed by atoms with Crippen molar-refractivity contribution in [1.29, 1.82) is 0 Å². The highest BCUT2D eigenvalue weighted by molar-refractivity contribution is 6.96. The first-order chi connectivity index (χ1) is 11.6. The van der Waals surface area contributed by atoms with Crippen molar-refractivity contribution in [2.45, 2.75) is 68.9 Å². The zero-order valence-corrected chi connectivity index (χ0v) is 18.0. The third-order valence-corrected chi connectivity index (χ3v) is 17.6. The van der Waals surface area contributed by atoms with E-state index in [1.165, 1.54) is 22.3 Å². The topological polar surface area (TPSA) is 50.1 Å². The van der Waals surface area contributed by atoms with E-state index in [0.29, 0.717) is 0 Å². The molecule has 1 saturated carbocycles. The number of hydrogen-bond acceptors (Lipinski definition) is 2. The number of nitrogens with one attached hydrogen (secondary N) is 1. The first-order valence-electron chi connectivity index (χ1n) is 9.35. The van der Waals surface area contributed by atoms with E-state index in [9.17, 15) is 4.79 Å². The molecule has 133 valence electrons. The van der Waals surface area contributed by atoms with Crippen molar-refractivity contribution < 1.29 is 8.91 Å². The van der Waals surface area contributed by atoms with E-state index in [4.69, 9.17) is 9.85 Å². The number of amides is 1. The average Bonchev–Trinajstić information content (AvgIpc) is 3.09. The lowest BCUT2D eigenvalue weighted by atomic mass is 9.82. The van der Waals surface area contributed by atoms with Crippen LogP contribution in [0.1, 0.15) is 42.9 Å². The summed E-state index contributed by atoms with van der Waals surface area (Å²) in [6, 6.07) is 6.61. The predicted molar refractivity (Wildman–Crippen MR) is 106 cm³/mol. The summed E-state index contributed by atoms with van der Waals surface area (Å²) < 4.78 is 6.83. The molecule has 1 aromatic carbocycles. The molecule has 2 fully saturated rings. The summed E-state index contributed by atoms with van der Waals surface area (Å²) in [5.74, 6) is -0.365. The lowest BCUT2D eigenvalue weighted by molar-refractivity contribution is -0.122. The summed E-state index contributed by atoms with van der Waals surface area (Å²) in [6.07, 6.45) is 6.18. The van der Waals surface area contributed by atoms with Crippen molar-refractivity contribution in [3.63, 3.8) is 0 Å². The Morgan fingerprint density at radius 1 is 1.16 bits per heavy atom. The van der Waals surface area contributed by atoms with Crippen LogP contribution in [0, 0.1) is 0 Å². The van der Waals surface area contributed by atoms with Gasteiger partial charge in [0.1, 0.15) is 0 Å². The van der Waals surface area contributed by atoms with E-state index in [-0.39, 0.29) is 10.9 Å². The summed E-state index contributed by atoms with van der Waals surface area (Å²) in [5, 5.41) is -0.837. The minimum atomic E-state index is -2.32. The zero-order chi connectivity index (χ0) is 18.3. The fourth-order valence-corrected chi connectivity index (χ4v) is 20.5. The quantitative estimate of drug-likeness (QED) is 0.715. The van der Waals surface area contributed by atoms with Gasteiger partial charge in [-0.05, 0) is 69.1 Å². The number of hydrogen-bond donors (Lipinski definition) is 0. The van der Waals surface area contributed by atoms with Crippen LogP contribution in [0.4, 0.5) is 0 Å². The van der Waals surface area contributed by atoms with Gasteiger partial charge in [0.25, 0.3) is 0 Å². The molecule has 3 nitrogen and oxygen atoms in total. The Balaban J connectivity index is 2.08. The highest BCUT2D eigenvalue weighted by atomic mass is 28.4. The number of benzene rings is 1. The summed E-state index contributed by atoms with van der Waals surface area (Å²) >= 11 is 0. The van der Waals surface area contributed by atoms with Crippen LogP contribution in [-0.4, -0.2) is 22.5 Å². The molecular formula is C20H28NO2Si2. The number of fused-ring (bicyclic) bond motifs is 2. The van der Waals surface area contributed by atoms with Crippen LogP contribution in [-0.2, 0) is 20.4 Å². The molecule has 0 bridgehead atoms. The molecule has 1 saturated heterocycles. The van der Waals surface area contributed by atoms with E-state index in [1.807, 2.05) is 0 Å². The van der Waals surface area contributed by atoms with Crippen LogP contribution in [0.25, 0.3) is 6.08 Å². The van der Waals surface area contributed by atoms with Gasteiger partial charge in [-0.15, -0.1) is 0 Å². The maximum Gasteiger partial charge on any atom is 0.244 e.